The summed E-state index contributed by atoms with van der Waals surface area (Å²) in [5, 5.41) is 2.80. The lowest BCUT2D eigenvalue weighted by Gasteiger charge is -2.10. The van der Waals surface area contributed by atoms with E-state index < -0.39 is 0 Å². The normalized spacial score (nSPS) is 10.6. The molecular formula is C18H22N2O3. The average Bonchev–Trinajstić information content (AvgIpc) is 2.52. The smallest absolute Gasteiger partial charge is 0.293 e. The molecule has 0 bridgehead atoms. The Kier molecular flexibility index (Phi) is 5.57. The molecule has 1 heterocycles. The molecule has 0 unspecified atom stereocenters. The van der Waals surface area contributed by atoms with Crippen molar-refractivity contribution >= 4 is 11.6 Å². The van der Waals surface area contributed by atoms with Crippen molar-refractivity contribution in [3.63, 3.8) is 0 Å². The molecule has 0 fully saturated rings. The van der Waals surface area contributed by atoms with Crippen LogP contribution in [0.1, 0.15) is 32.3 Å². The molecule has 5 heteroatoms. The summed E-state index contributed by atoms with van der Waals surface area (Å²) >= 11 is 0. The van der Waals surface area contributed by atoms with Crippen LogP contribution in [0.3, 0.4) is 0 Å². The fourth-order valence-corrected chi connectivity index (χ4v) is 2.21. The third kappa shape index (κ3) is 4.45. The van der Waals surface area contributed by atoms with Crippen LogP contribution in [-0.2, 0) is 11.3 Å². The third-order valence-corrected chi connectivity index (χ3v) is 3.46. The Morgan fingerprint density at radius 2 is 1.91 bits per heavy atom. The van der Waals surface area contributed by atoms with E-state index in [4.69, 9.17) is 4.74 Å². The van der Waals surface area contributed by atoms with E-state index in [1.165, 1.54) is 10.1 Å². The van der Waals surface area contributed by atoms with E-state index in [9.17, 15) is 9.59 Å². The Bertz CT molecular complexity index is 718. The molecule has 0 saturated heterocycles. The maximum absolute atomic E-state index is 12.1. The van der Waals surface area contributed by atoms with Crippen LogP contribution in [0, 0.1) is 0 Å². The van der Waals surface area contributed by atoms with Crippen molar-refractivity contribution in [3.05, 3.63) is 58.5 Å². The van der Waals surface area contributed by atoms with Crippen LogP contribution in [0.15, 0.2) is 47.4 Å². The second kappa shape index (κ2) is 7.63. The fraction of sp³-hybridized carbons (Fsp3) is 0.333. The number of ether oxygens (including phenoxy) is 1. The van der Waals surface area contributed by atoms with E-state index in [2.05, 4.69) is 19.2 Å². The molecule has 1 N–H and O–H groups in total. The number of nitrogens with zero attached hydrogens (tertiary/aromatic N) is 1. The summed E-state index contributed by atoms with van der Waals surface area (Å²) in [7, 11) is 0. The third-order valence-electron chi connectivity index (χ3n) is 3.46. The number of benzene rings is 1. The Morgan fingerprint density at radius 3 is 2.52 bits per heavy atom. The molecule has 0 atom stereocenters. The quantitative estimate of drug-likeness (QED) is 0.891. The van der Waals surface area contributed by atoms with Crippen molar-refractivity contribution < 1.29 is 9.53 Å². The molecule has 23 heavy (non-hydrogen) atoms. The van der Waals surface area contributed by atoms with Crippen LogP contribution in [0.25, 0.3) is 0 Å². The highest BCUT2D eigenvalue weighted by molar-refractivity contribution is 5.90. The summed E-state index contributed by atoms with van der Waals surface area (Å²) < 4.78 is 6.58. The Hall–Kier alpha value is -2.56. The minimum absolute atomic E-state index is 0.0499. The molecule has 0 aliphatic carbocycles. The second-order valence-electron chi connectivity index (χ2n) is 5.56. The SMILES string of the molecule is CCOc1cccn(CC(=O)Nc2ccc(C(C)C)cc2)c1=O. The Balaban J connectivity index is 2.05. The molecule has 2 rings (SSSR count). The van der Waals surface area contributed by atoms with Gasteiger partial charge in [-0.3, -0.25) is 9.59 Å². The van der Waals surface area contributed by atoms with Gasteiger partial charge in [0.05, 0.1) is 6.61 Å². The second-order valence-corrected chi connectivity index (χ2v) is 5.56. The number of rotatable bonds is 6. The lowest BCUT2D eigenvalue weighted by molar-refractivity contribution is -0.116. The van der Waals surface area contributed by atoms with Gasteiger partial charge in [-0.2, -0.15) is 0 Å². The zero-order chi connectivity index (χ0) is 16.8. The highest BCUT2D eigenvalue weighted by Gasteiger charge is 2.08. The lowest BCUT2D eigenvalue weighted by Crippen LogP contribution is -2.28. The van der Waals surface area contributed by atoms with E-state index in [-0.39, 0.29) is 23.8 Å². The first-order chi connectivity index (χ1) is 11.0. The molecule has 0 spiro atoms. The molecule has 0 aliphatic rings. The van der Waals surface area contributed by atoms with Crippen LogP contribution in [0.4, 0.5) is 5.69 Å². The first kappa shape index (κ1) is 16.8. The number of pyridine rings is 1. The molecule has 0 aliphatic heterocycles. The molecular weight excluding hydrogens is 292 g/mol. The largest absolute Gasteiger partial charge is 0.488 e. The van der Waals surface area contributed by atoms with Gasteiger partial charge in [0.25, 0.3) is 5.56 Å². The van der Waals surface area contributed by atoms with E-state index in [1.807, 2.05) is 31.2 Å². The zero-order valence-corrected chi connectivity index (χ0v) is 13.7. The molecule has 1 amide bonds. The standard InChI is InChI=1S/C18H22N2O3/c1-4-23-16-6-5-11-20(18(16)22)12-17(21)19-15-9-7-14(8-10-15)13(2)3/h5-11,13H,4,12H2,1-3H3,(H,19,21). The molecule has 2 aromatic rings. The van der Waals surface area contributed by atoms with Crippen molar-refractivity contribution in [3.8, 4) is 5.75 Å². The number of hydrogen-bond donors (Lipinski definition) is 1. The van der Waals surface area contributed by atoms with Crippen molar-refractivity contribution in [2.24, 2.45) is 0 Å². The molecule has 0 saturated carbocycles. The first-order valence-corrected chi connectivity index (χ1v) is 7.73. The van der Waals surface area contributed by atoms with Crippen molar-refractivity contribution in [2.45, 2.75) is 33.2 Å². The maximum atomic E-state index is 12.1. The molecule has 0 radical (unpaired) electrons. The van der Waals surface area contributed by atoms with Crippen LogP contribution < -0.4 is 15.6 Å². The zero-order valence-electron chi connectivity index (χ0n) is 13.7. The molecule has 1 aromatic heterocycles. The van der Waals surface area contributed by atoms with Crippen LogP contribution >= 0.6 is 0 Å². The summed E-state index contributed by atoms with van der Waals surface area (Å²) in [5.41, 5.74) is 1.62. The number of amides is 1. The van der Waals surface area contributed by atoms with Gasteiger partial charge >= 0.3 is 0 Å². The van der Waals surface area contributed by atoms with Gasteiger partial charge in [0.15, 0.2) is 5.75 Å². The minimum atomic E-state index is -0.306. The van der Waals surface area contributed by atoms with Crippen LogP contribution in [-0.4, -0.2) is 17.1 Å². The van der Waals surface area contributed by atoms with Crippen LogP contribution in [0.5, 0.6) is 5.75 Å². The van der Waals surface area contributed by atoms with Gasteiger partial charge in [-0.1, -0.05) is 26.0 Å². The number of nitrogens with one attached hydrogen (secondary N) is 1. The monoisotopic (exact) mass is 314 g/mol. The molecule has 122 valence electrons. The van der Waals surface area contributed by atoms with Gasteiger partial charge < -0.3 is 14.6 Å². The van der Waals surface area contributed by atoms with Gasteiger partial charge in [-0.05, 0) is 42.7 Å². The first-order valence-electron chi connectivity index (χ1n) is 7.73. The van der Waals surface area contributed by atoms with E-state index in [0.29, 0.717) is 18.2 Å². The number of carbonyl (C=O) groups excluding carboxylic acids is 1. The number of aromatic nitrogens is 1. The van der Waals surface area contributed by atoms with Gasteiger partial charge in [-0.15, -0.1) is 0 Å². The minimum Gasteiger partial charge on any atom is -0.488 e. The molecule has 5 nitrogen and oxygen atoms in total. The van der Waals surface area contributed by atoms with Crippen molar-refractivity contribution in [1.82, 2.24) is 4.57 Å². The van der Waals surface area contributed by atoms with E-state index in [1.54, 1.807) is 18.3 Å². The van der Waals surface area contributed by atoms with Crippen molar-refractivity contribution in [2.75, 3.05) is 11.9 Å². The maximum Gasteiger partial charge on any atom is 0.293 e. The summed E-state index contributed by atoms with van der Waals surface area (Å²) in [6, 6.07) is 11.0. The predicted molar refractivity (Wildman–Crippen MR) is 91.0 cm³/mol. The number of anilines is 1. The number of hydrogen-bond acceptors (Lipinski definition) is 3. The van der Waals surface area contributed by atoms with Gasteiger partial charge in [-0.25, -0.2) is 0 Å². The van der Waals surface area contributed by atoms with E-state index in [0.717, 1.165) is 0 Å². The fourth-order valence-electron chi connectivity index (χ4n) is 2.21. The average molecular weight is 314 g/mol. The van der Waals surface area contributed by atoms with E-state index >= 15 is 0 Å². The highest BCUT2D eigenvalue weighted by Crippen LogP contribution is 2.17. The predicted octanol–water partition coefficient (Wildman–Crippen LogP) is 3.01. The topological polar surface area (TPSA) is 60.3 Å². The summed E-state index contributed by atoms with van der Waals surface area (Å²) in [4.78, 5) is 24.2. The Morgan fingerprint density at radius 1 is 1.22 bits per heavy atom. The van der Waals surface area contributed by atoms with Gasteiger partial charge in [0, 0.05) is 11.9 Å². The lowest BCUT2D eigenvalue weighted by atomic mass is 10.0. The van der Waals surface area contributed by atoms with Crippen molar-refractivity contribution in [1.29, 1.82) is 0 Å². The summed E-state index contributed by atoms with van der Waals surface area (Å²) in [6.07, 6.45) is 1.58. The van der Waals surface area contributed by atoms with Gasteiger partial charge in [0.2, 0.25) is 5.91 Å². The molecule has 1 aromatic carbocycles. The van der Waals surface area contributed by atoms with Crippen LogP contribution in [0.2, 0.25) is 0 Å². The van der Waals surface area contributed by atoms with Gasteiger partial charge in [0.1, 0.15) is 6.54 Å². The number of carbonyl (C=O) groups is 1. The Labute approximate surface area is 135 Å². The summed E-state index contributed by atoms with van der Waals surface area (Å²) in [6.45, 7) is 6.40. The highest BCUT2D eigenvalue weighted by atomic mass is 16.5. The summed E-state index contributed by atoms with van der Waals surface area (Å²) in [5.74, 6) is 0.446.